The molecule has 1 atom stereocenters. The summed E-state index contributed by atoms with van der Waals surface area (Å²) in [5, 5.41) is 8.57. The molecule has 1 aliphatic heterocycles. The Bertz CT molecular complexity index is 373. The monoisotopic (exact) mass is 220 g/mol. The number of ether oxygens (including phenoxy) is 1. The molecular weight excluding hydrogens is 204 g/mol. The number of rotatable bonds is 4. The van der Waals surface area contributed by atoms with Crippen LogP contribution in [0.1, 0.15) is 24.8 Å². The van der Waals surface area contributed by atoms with Gasteiger partial charge in [0.15, 0.2) is 0 Å². The van der Waals surface area contributed by atoms with E-state index in [1.54, 1.807) is 0 Å². The van der Waals surface area contributed by atoms with E-state index in [1.807, 2.05) is 18.2 Å². The Balaban J connectivity index is 1.86. The number of hydrogen-bond donors (Lipinski definition) is 1. The molecule has 0 spiro atoms. The first-order chi connectivity index (χ1) is 7.75. The highest BCUT2D eigenvalue weighted by atomic mass is 16.5. The van der Waals surface area contributed by atoms with Gasteiger partial charge in [0.25, 0.3) is 0 Å². The van der Waals surface area contributed by atoms with E-state index in [-0.39, 0.29) is 6.42 Å². The molecule has 86 valence electrons. The van der Waals surface area contributed by atoms with E-state index in [0.29, 0.717) is 5.92 Å². The predicted molar refractivity (Wildman–Crippen MR) is 60.6 cm³/mol. The van der Waals surface area contributed by atoms with Crippen LogP contribution in [0.5, 0.6) is 5.75 Å². The molecule has 0 radical (unpaired) electrons. The van der Waals surface area contributed by atoms with Gasteiger partial charge in [0.2, 0.25) is 0 Å². The molecule has 1 heterocycles. The zero-order chi connectivity index (χ0) is 11.4. The normalized spacial score (nSPS) is 18.6. The maximum atomic E-state index is 10.4. The molecule has 0 fully saturated rings. The highest BCUT2D eigenvalue weighted by molar-refractivity contribution is 5.66. The van der Waals surface area contributed by atoms with Crippen molar-refractivity contribution in [1.82, 2.24) is 0 Å². The van der Waals surface area contributed by atoms with E-state index in [9.17, 15) is 4.79 Å². The second kappa shape index (κ2) is 5.01. The van der Waals surface area contributed by atoms with Gasteiger partial charge >= 0.3 is 5.97 Å². The Hall–Kier alpha value is -1.51. The molecule has 2 rings (SSSR count). The van der Waals surface area contributed by atoms with E-state index >= 15 is 0 Å². The zero-order valence-corrected chi connectivity index (χ0v) is 9.19. The highest BCUT2D eigenvalue weighted by Crippen LogP contribution is 2.28. The van der Waals surface area contributed by atoms with Gasteiger partial charge in [-0.3, -0.25) is 4.79 Å². The molecule has 1 unspecified atom stereocenters. The van der Waals surface area contributed by atoms with Gasteiger partial charge in [-0.05, 0) is 36.8 Å². The fourth-order valence-corrected chi connectivity index (χ4v) is 2.12. The quantitative estimate of drug-likeness (QED) is 0.848. The summed E-state index contributed by atoms with van der Waals surface area (Å²) in [4.78, 5) is 10.4. The second-order valence-electron chi connectivity index (χ2n) is 4.27. The van der Waals surface area contributed by atoms with Crippen molar-refractivity contribution in [2.24, 2.45) is 5.92 Å². The fourth-order valence-electron chi connectivity index (χ4n) is 2.12. The van der Waals surface area contributed by atoms with Crippen LogP contribution in [0, 0.1) is 5.92 Å². The number of aliphatic carboxylic acids is 1. The smallest absolute Gasteiger partial charge is 0.303 e. The van der Waals surface area contributed by atoms with E-state index in [1.165, 1.54) is 5.56 Å². The van der Waals surface area contributed by atoms with E-state index in [4.69, 9.17) is 9.84 Å². The summed E-state index contributed by atoms with van der Waals surface area (Å²) >= 11 is 0. The minimum Gasteiger partial charge on any atom is -0.493 e. The lowest BCUT2D eigenvalue weighted by Crippen LogP contribution is -2.20. The molecule has 16 heavy (non-hydrogen) atoms. The highest BCUT2D eigenvalue weighted by Gasteiger charge is 2.19. The molecule has 0 amide bonds. The number of carboxylic acids is 1. The molecule has 1 aromatic carbocycles. The van der Waals surface area contributed by atoms with Gasteiger partial charge in [-0.15, -0.1) is 0 Å². The van der Waals surface area contributed by atoms with Crippen molar-refractivity contribution in [3.63, 3.8) is 0 Å². The fraction of sp³-hybridized carbons (Fsp3) is 0.462. The third-order valence-electron chi connectivity index (χ3n) is 2.96. The van der Waals surface area contributed by atoms with Crippen LogP contribution in [0.25, 0.3) is 0 Å². The average molecular weight is 220 g/mol. The van der Waals surface area contributed by atoms with E-state index in [0.717, 1.165) is 31.6 Å². The maximum Gasteiger partial charge on any atom is 0.303 e. The van der Waals surface area contributed by atoms with Gasteiger partial charge in [0.05, 0.1) is 6.61 Å². The summed E-state index contributed by atoms with van der Waals surface area (Å²) in [6.07, 6.45) is 2.94. The first-order valence-electron chi connectivity index (χ1n) is 5.68. The molecule has 0 aromatic heterocycles. The Morgan fingerprint density at radius 2 is 2.25 bits per heavy atom. The van der Waals surface area contributed by atoms with Crippen LogP contribution in [-0.2, 0) is 11.2 Å². The molecule has 0 saturated heterocycles. The Morgan fingerprint density at radius 1 is 1.44 bits per heavy atom. The average Bonchev–Trinajstić information content (AvgIpc) is 2.28. The van der Waals surface area contributed by atoms with Gasteiger partial charge in [-0.2, -0.15) is 0 Å². The summed E-state index contributed by atoms with van der Waals surface area (Å²) in [7, 11) is 0. The summed E-state index contributed by atoms with van der Waals surface area (Å²) in [6, 6.07) is 8.06. The van der Waals surface area contributed by atoms with Crippen LogP contribution in [0.15, 0.2) is 24.3 Å². The van der Waals surface area contributed by atoms with E-state index in [2.05, 4.69) is 6.07 Å². The van der Waals surface area contributed by atoms with Crippen molar-refractivity contribution in [2.45, 2.75) is 25.7 Å². The summed E-state index contributed by atoms with van der Waals surface area (Å²) in [5.74, 6) is 0.739. The minimum absolute atomic E-state index is 0.262. The van der Waals surface area contributed by atoms with Crippen molar-refractivity contribution in [2.75, 3.05) is 6.61 Å². The number of carbonyl (C=O) groups is 1. The maximum absolute atomic E-state index is 10.4. The topological polar surface area (TPSA) is 46.5 Å². The lowest BCUT2D eigenvalue weighted by Gasteiger charge is -2.24. The molecule has 1 N–H and O–H groups in total. The summed E-state index contributed by atoms with van der Waals surface area (Å²) in [6.45, 7) is 0.719. The van der Waals surface area contributed by atoms with Crippen LogP contribution in [0.2, 0.25) is 0 Å². The minimum atomic E-state index is -0.711. The van der Waals surface area contributed by atoms with Gasteiger partial charge in [-0.25, -0.2) is 0 Å². The predicted octanol–water partition coefficient (Wildman–Crippen LogP) is 2.49. The van der Waals surface area contributed by atoms with Crippen molar-refractivity contribution < 1.29 is 14.6 Å². The van der Waals surface area contributed by atoms with Gasteiger partial charge < -0.3 is 9.84 Å². The molecule has 3 nitrogen and oxygen atoms in total. The van der Waals surface area contributed by atoms with Crippen molar-refractivity contribution in [3.05, 3.63) is 29.8 Å². The van der Waals surface area contributed by atoms with Crippen molar-refractivity contribution in [3.8, 4) is 5.75 Å². The zero-order valence-electron chi connectivity index (χ0n) is 9.19. The van der Waals surface area contributed by atoms with Crippen LogP contribution in [0.3, 0.4) is 0 Å². The summed E-state index contributed by atoms with van der Waals surface area (Å²) in [5.41, 5.74) is 1.24. The standard InChI is InChI=1S/C13H16O3/c14-13(15)7-3-4-10-8-11-5-1-2-6-12(11)16-9-10/h1-2,5-6,10H,3-4,7-9H2,(H,14,15). The largest absolute Gasteiger partial charge is 0.493 e. The van der Waals surface area contributed by atoms with Crippen LogP contribution >= 0.6 is 0 Å². The number of benzene rings is 1. The van der Waals surface area contributed by atoms with Crippen LogP contribution in [0.4, 0.5) is 0 Å². The Labute approximate surface area is 95.0 Å². The second-order valence-corrected chi connectivity index (χ2v) is 4.27. The molecule has 1 aliphatic rings. The third kappa shape index (κ3) is 2.75. The Kier molecular flexibility index (Phi) is 3.44. The van der Waals surface area contributed by atoms with E-state index < -0.39 is 5.97 Å². The number of hydrogen-bond acceptors (Lipinski definition) is 2. The Morgan fingerprint density at radius 3 is 3.06 bits per heavy atom. The van der Waals surface area contributed by atoms with Gasteiger partial charge in [0.1, 0.15) is 5.75 Å². The van der Waals surface area contributed by atoms with Crippen molar-refractivity contribution in [1.29, 1.82) is 0 Å². The molecule has 0 saturated carbocycles. The van der Waals surface area contributed by atoms with Crippen LogP contribution in [-0.4, -0.2) is 17.7 Å². The molecule has 3 heteroatoms. The molecular formula is C13H16O3. The first-order valence-corrected chi connectivity index (χ1v) is 5.68. The first kappa shape index (κ1) is 11.0. The number of para-hydroxylation sites is 1. The number of fused-ring (bicyclic) bond motifs is 1. The molecule has 1 aromatic rings. The lowest BCUT2D eigenvalue weighted by molar-refractivity contribution is -0.137. The molecule has 0 bridgehead atoms. The van der Waals surface area contributed by atoms with Crippen molar-refractivity contribution >= 4 is 5.97 Å². The molecule has 0 aliphatic carbocycles. The van der Waals surface area contributed by atoms with Gasteiger partial charge in [0, 0.05) is 6.42 Å². The summed E-state index contributed by atoms with van der Waals surface area (Å²) < 4.78 is 5.65. The SMILES string of the molecule is O=C(O)CCCC1COc2ccccc2C1. The van der Waals surface area contributed by atoms with Crippen LogP contribution < -0.4 is 4.74 Å². The number of carboxylic acid groups (broad SMARTS) is 1. The third-order valence-corrected chi connectivity index (χ3v) is 2.96. The lowest BCUT2D eigenvalue weighted by atomic mass is 9.92. The van der Waals surface area contributed by atoms with Gasteiger partial charge in [-0.1, -0.05) is 18.2 Å².